The number of nitrogens with zero attached hydrogens (tertiary/aromatic N) is 2. The molecule has 148 valence electrons. The van der Waals surface area contributed by atoms with Gasteiger partial charge >= 0.3 is 0 Å². The molecule has 1 aromatic carbocycles. The van der Waals surface area contributed by atoms with E-state index in [0.717, 1.165) is 49.9 Å². The molecule has 0 aliphatic rings. The Morgan fingerprint density at radius 2 is 2.00 bits per heavy atom. The summed E-state index contributed by atoms with van der Waals surface area (Å²) in [5, 5.41) is 6.70. The van der Waals surface area contributed by atoms with Crippen LogP contribution in [-0.2, 0) is 11.3 Å². The molecule has 0 saturated carbocycles. The lowest BCUT2D eigenvalue weighted by Crippen LogP contribution is -2.41. The van der Waals surface area contributed by atoms with Crippen molar-refractivity contribution in [2.24, 2.45) is 4.99 Å². The van der Waals surface area contributed by atoms with E-state index in [0.29, 0.717) is 19.2 Å². The van der Waals surface area contributed by atoms with Gasteiger partial charge in [-0.3, -0.25) is 0 Å². The summed E-state index contributed by atoms with van der Waals surface area (Å²) < 4.78 is 11.0. The molecule has 1 aromatic rings. The fourth-order valence-electron chi connectivity index (χ4n) is 2.24. The van der Waals surface area contributed by atoms with E-state index in [1.807, 2.05) is 12.1 Å². The zero-order valence-electron chi connectivity index (χ0n) is 17.0. The van der Waals surface area contributed by atoms with Crippen molar-refractivity contribution in [1.82, 2.24) is 15.5 Å². The van der Waals surface area contributed by atoms with Gasteiger partial charge in [0.2, 0.25) is 0 Å². The normalized spacial score (nSPS) is 12.9. The van der Waals surface area contributed by atoms with Crippen LogP contribution < -0.4 is 15.4 Å². The second-order valence-electron chi connectivity index (χ2n) is 6.44. The molecule has 6 nitrogen and oxygen atoms in total. The summed E-state index contributed by atoms with van der Waals surface area (Å²) in [6.07, 6.45) is 1.06. The molecule has 0 aliphatic heterocycles. The molecule has 0 spiro atoms. The molecule has 0 aliphatic carbocycles. The summed E-state index contributed by atoms with van der Waals surface area (Å²) in [5.74, 6) is 1.74. The predicted molar refractivity (Wildman–Crippen MR) is 109 cm³/mol. The molecule has 1 rings (SSSR count). The minimum atomic E-state index is 0.401. The minimum Gasteiger partial charge on any atom is -0.492 e. The van der Waals surface area contributed by atoms with Gasteiger partial charge in [0.25, 0.3) is 0 Å². The van der Waals surface area contributed by atoms with Gasteiger partial charge in [0.05, 0.1) is 13.2 Å². The molecular weight excluding hydrogens is 328 g/mol. The van der Waals surface area contributed by atoms with Crippen LogP contribution in [0, 0.1) is 0 Å². The zero-order chi connectivity index (χ0) is 19.2. The molecule has 2 N–H and O–H groups in total. The van der Waals surface area contributed by atoms with Crippen LogP contribution in [0.3, 0.4) is 0 Å². The third-order valence-electron chi connectivity index (χ3n) is 4.08. The van der Waals surface area contributed by atoms with Crippen LogP contribution in [0.15, 0.2) is 29.3 Å². The van der Waals surface area contributed by atoms with E-state index in [9.17, 15) is 0 Å². The average molecular weight is 365 g/mol. The Kier molecular flexibility index (Phi) is 11.5. The van der Waals surface area contributed by atoms with E-state index in [4.69, 9.17) is 9.47 Å². The van der Waals surface area contributed by atoms with Crippen molar-refractivity contribution >= 4 is 5.96 Å². The van der Waals surface area contributed by atoms with E-state index in [-0.39, 0.29) is 0 Å². The maximum absolute atomic E-state index is 5.87. The Labute approximate surface area is 159 Å². The molecule has 0 bridgehead atoms. The van der Waals surface area contributed by atoms with E-state index in [1.165, 1.54) is 0 Å². The first-order chi connectivity index (χ1) is 12.6. The minimum absolute atomic E-state index is 0.401. The maximum Gasteiger partial charge on any atom is 0.191 e. The molecule has 26 heavy (non-hydrogen) atoms. The highest BCUT2D eigenvalue weighted by Crippen LogP contribution is 2.14. The van der Waals surface area contributed by atoms with Gasteiger partial charge in [0.15, 0.2) is 5.96 Å². The number of methoxy groups -OCH3 is 1. The number of hydrogen-bond acceptors (Lipinski definition) is 4. The Morgan fingerprint density at radius 1 is 1.23 bits per heavy atom. The van der Waals surface area contributed by atoms with Gasteiger partial charge in [-0.25, -0.2) is 4.99 Å². The number of ether oxygens (including phenoxy) is 2. The van der Waals surface area contributed by atoms with Gasteiger partial charge in [-0.2, -0.15) is 0 Å². The van der Waals surface area contributed by atoms with Crippen LogP contribution in [0.5, 0.6) is 5.75 Å². The van der Waals surface area contributed by atoms with E-state index in [2.05, 4.69) is 60.5 Å². The largest absolute Gasteiger partial charge is 0.492 e. The first-order valence-electron chi connectivity index (χ1n) is 9.53. The Bertz CT molecular complexity index is 522. The third-order valence-corrected chi connectivity index (χ3v) is 4.08. The Balaban J connectivity index is 2.52. The number of hydrogen-bond donors (Lipinski definition) is 2. The predicted octanol–water partition coefficient (Wildman–Crippen LogP) is 2.50. The van der Waals surface area contributed by atoms with Crippen molar-refractivity contribution in [3.8, 4) is 5.75 Å². The number of aliphatic imine (C=N–C) groups is 1. The lowest BCUT2D eigenvalue weighted by Gasteiger charge is -2.17. The van der Waals surface area contributed by atoms with Crippen molar-refractivity contribution in [1.29, 1.82) is 0 Å². The summed E-state index contributed by atoms with van der Waals surface area (Å²) in [6, 6.07) is 8.55. The Morgan fingerprint density at radius 3 is 2.69 bits per heavy atom. The van der Waals surface area contributed by atoms with Gasteiger partial charge in [-0.15, -0.1) is 0 Å². The number of nitrogens with one attached hydrogen (secondary N) is 2. The number of likely N-dealkylation sites (N-methyl/N-ethyl adjacent to an activating group) is 1. The average Bonchev–Trinajstić information content (AvgIpc) is 2.65. The van der Waals surface area contributed by atoms with Gasteiger partial charge < -0.3 is 25.0 Å². The van der Waals surface area contributed by atoms with Crippen molar-refractivity contribution in [3.63, 3.8) is 0 Å². The standard InChI is InChI=1S/C20H36N4O2/c1-6-17(3)23-20(21-7-2)22-16-18-9-8-10-19(15-18)26-14-12-24(4)11-13-25-5/h8-10,15,17H,6-7,11-14,16H2,1-5H3,(H2,21,22,23). The Hall–Kier alpha value is -1.79. The first kappa shape index (κ1) is 22.3. The van der Waals surface area contributed by atoms with Gasteiger partial charge in [-0.05, 0) is 45.0 Å². The summed E-state index contributed by atoms with van der Waals surface area (Å²) in [4.78, 5) is 6.87. The third kappa shape index (κ3) is 9.63. The van der Waals surface area contributed by atoms with Crippen molar-refractivity contribution in [2.75, 3.05) is 47.0 Å². The SMILES string of the molecule is CCNC(=NCc1cccc(OCCN(C)CCOC)c1)NC(C)CC. The maximum atomic E-state index is 5.87. The molecule has 0 aromatic heterocycles. The van der Waals surface area contributed by atoms with Crippen molar-refractivity contribution < 1.29 is 9.47 Å². The van der Waals surface area contributed by atoms with Gasteiger partial charge in [0.1, 0.15) is 12.4 Å². The van der Waals surface area contributed by atoms with Crippen LogP contribution >= 0.6 is 0 Å². The fraction of sp³-hybridized carbons (Fsp3) is 0.650. The summed E-state index contributed by atoms with van der Waals surface area (Å²) in [5.41, 5.74) is 1.14. The van der Waals surface area contributed by atoms with E-state index in [1.54, 1.807) is 7.11 Å². The highest BCUT2D eigenvalue weighted by molar-refractivity contribution is 5.80. The van der Waals surface area contributed by atoms with E-state index < -0.39 is 0 Å². The lowest BCUT2D eigenvalue weighted by atomic mass is 10.2. The molecule has 1 atom stereocenters. The first-order valence-corrected chi connectivity index (χ1v) is 9.53. The smallest absolute Gasteiger partial charge is 0.191 e. The van der Waals surface area contributed by atoms with Gasteiger partial charge in [-0.1, -0.05) is 19.1 Å². The quantitative estimate of drug-likeness (QED) is 0.441. The lowest BCUT2D eigenvalue weighted by molar-refractivity contribution is 0.150. The van der Waals surface area contributed by atoms with E-state index >= 15 is 0 Å². The molecule has 1 unspecified atom stereocenters. The van der Waals surface area contributed by atoms with Crippen LogP contribution in [0.1, 0.15) is 32.8 Å². The molecule has 0 saturated heterocycles. The summed E-state index contributed by atoms with van der Waals surface area (Å²) in [7, 11) is 3.79. The molecule has 6 heteroatoms. The summed E-state index contributed by atoms with van der Waals surface area (Å²) in [6.45, 7) is 11.0. The molecule has 0 heterocycles. The highest BCUT2D eigenvalue weighted by Gasteiger charge is 2.03. The number of rotatable bonds is 12. The van der Waals surface area contributed by atoms with Crippen LogP contribution in [-0.4, -0.2) is 63.9 Å². The fourth-order valence-corrected chi connectivity index (χ4v) is 2.24. The van der Waals surface area contributed by atoms with Crippen LogP contribution in [0.2, 0.25) is 0 Å². The molecule has 0 radical (unpaired) electrons. The number of guanidine groups is 1. The van der Waals surface area contributed by atoms with Crippen LogP contribution in [0.4, 0.5) is 0 Å². The molecule has 0 fully saturated rings. The summed E-state index contributed by atoms with van der Waals surface area (Å²) >= 11 is 0. The second-order valence-corrected chi connectivity index (χ2v) is 6.44. The molecule has 0 amide bonds. The topological polar surface area (TPSA) is 58.1 Å². The van der Waals surface area contributed by atoms with Crippen LogP contribution in [0.25, 0.3) is 0 Å². The second kappa shape index (κ2) is 13.4. The van der Waals surface area contributed by atoms with Gasteiger partial charge in [0, 0.05) is 32.8 Å². The monoisotopic (exact) mass is 364 g/mol. The zero-order valence-corrected chi connectivity index (χ0v) is 17.0. The van der Waals surface area contributed by atoms with Crippen molar-refractivity contribution in [2.45, 2.75) is 39.8 Å². The molecular formula is C20H36N4O2. The highest BCUT2D eigenvalue weighted by atomic mass is 16.5. The van der Waals surface area contributed by atoms with Crippen molar-refractivity contribution in [3.05, 3.63) is 29.8 Å². The number of benzene rings is 1.